The fourth-order valence-corrected chi connectivity index (χ4v) is 5.08. The molecule has 3 heterocycles. The highest BCUT2D eigenvalue weighted by molar-refractivity contribution is 6.23. The molecule has 3 atom stereocenters. The predicted molar refractivity (Wildman–Crippen MR) is 140 cm³/mol. The van der Waals surface area contributed by atoms with Gasteiger partial charge in [-0.15, -0.1) is 0 Å². The molecule has 10 nitrogen and oxygen atoms in total. The summed E-state index contributed by atoms with van der Waals surface area (Å²) in [7, 11) is 3.06. The lowest BCUT2D eigenvalue weighted by Crippen LogP contribution is -2.37. The Bertz CT molecular complexity index is 1610. The Kier molecular flexibility index (Phi) is 6.27. The van der Waals surface area contributed by atoms with Crippen LogP contribution in [-0.4, -0.2) is 40.8 Å². The molecule has 202 valence electrons. The molecule has 11 heteroatoms. The molecule has 2 aliphatic rings. The summed E-state index contributed by atoms with van der Waals surface area (Å²) < 4.78 is 26.0. The van der Waals surface area contributed by atoms with Crippen LogP contribution in [0.25, 0.3) is 0 Å². The number of nitrogens with zero attached hydrogens (tertiary/aromatic N) is 4. The van der Waals surface area contributed by atoms with Gasteiger partial charge in [-0.2, -0.15) is 5.10 Å². The molecule has 2 fully saturated rings. The number of hydroxylamine groups is 1. The first-order valence-electron chi connectivity index (χ1n) is 12.4. The van der Waals surface area contributed by atoms with E-state index in [4.69, 9.17) is 14.3 Å². The Morgan fingerprint density at radius 3 is 2.35 bits per heavy atom. The van der Waals surface area contributed by atoms with Gasteiger partial charge in [0.05, 0.1) is 24.5 Å². The highest BCUT2D eigenvalue weighted by Gasteiger charge is 2.60. The fraction of sp³-hybridized carbons (Fsp3) is 0.172. The number of hydrogen-bond donors (Lipinski definition) is 0. The number of ether oxygens (including phenoxy) is 2. The fourth-order valence-electron chi connectivity index (χ4n) is 5.08. The SMILES string of the molecule is COc1cc([C@H]2[C@H]3C(=O)N(c4ccc(F)cc4)C(=O)[C@H]3ON2c2ccccc2)ccc1OC(=O)c1ccnn1C. The number of benzene rings is 3. The minimum Gasteiger partial charge on any atom is -0.493 e. The first-order chi connectivity index (χ1) is 19.4. The number of aryl methyl sites for hydroxylation is 1. The van der Waals surface area contributed by atoms with Crippen LogP contribution in [0.3, 0.4) is 0 Å². The molecule has 6 rings (SSSR count). The molecule has 0 radical (unpaired) electrons. The average molecular weight is 543 g/mol. The van der Waals surface area contributed by atoms with Crippen LogP contribution < -0.4 is 19.4 Å². The molecule has 0 spiro atoms. The first kappa shape index (κ1) is 25.3. The molecular weight excluding hydrogens is 519 g/mol. The van der Waals surface area contributed by atoms with Crippen molar-refractivity contribution in [2.75, 3.05) is 17.1 Å². The molecule has 0 saturated carbocycles. The minimum atomic E-state index is -1.10. The summed E-state index contributed by atoms with van der Waals surface area (Å²) in [6.07, 6.45) is 0.386. The van der Waals surface area contributed by atoms with Gasteiger partial charge in [0.25, 0.3) is 5.91 Å². The van der Waals surface area contributed by atoms with Gasteiger partial charge >= 0.3 is 5.97 Å². The summed E-state index contributed by atoms with van der Waals surface area (Å²) in [6, 6.07) is 19.9. The Morgan fingerprint density at radius 1 is 0.925 bits per heavy atom. The number of halogens is 1. The monoisotopic (exact) mass is 542 g/mol. The van der Waals surface area contributed by atoms with Crippen molar-refractivity contribution in [3.05, 3.63) is 102 Å². The number of imide groups is 1. The first-order valence-corrected chi connectivity index (χ1v) is 12.4. The van der Waals surface area contributed by atoms with Gasteiger partial charge in [0.15, 0.2) is 17.6 Å². The van der Waals surface area contributed by atoms with Gasteiger partial charge < -0.3 is 9.47 Å². The van der Waals surface area contributed by atoms with Crippen molar-refractivity contribution in [2.24, 2.45) is 13.0 Å². The summed E-state index contributed by atoms with van der Waals surface area (Å²) in [4.78, 5) is 47.1. The lowest BCUT2D eigenvalue weighted by atomic mass is 9.90. The van der Waals surface area contributed by atoms with E-state index in [0.717, 1.165) is 4.90 Å². The lowest BCUT2D eigenvalue weighted by Gasteiger charge is -2.29. The summed E-state index contributed by atoms with van der Waals surface area (Å²) in [6.45, 7) is 0. The Hall–Kier alpha value is -5.03. The van der Waals surface area contributed by atoms with E-state index < -0.39 is 41.7 Å². The van der Waals surface area contributed by atoms with E-state index in [1.807, 2.05) is 30.3 Å². The van der Waals surface area contributed by atoms with E-state index in [1.54, 1.807) is 30.3 Å². The number of aromatic nitrogens is 2. The number of para-hydroxylation sites is 1. The number of fused-ring (bicyclic) bond motifs is 1. The Labute approximate surface area is 228 Å². The third kappa shape index (κ3) is 4.16. The standard InChI is InChI=1S/C29H23FN4O6/c1-32-21(14-15-31-32)29(37)39-22-13-8-17(16-23(22)38-2)25-24-26(40-34(25)20-6-4-3-5-7-20)28(36)33(27(24)35)19-11-9-18(30)10-12-19/h3-16,24-26H,1-2H3/t24-,25+,26+/m1/s1. The van der Waals surface area contributed by atoms with E-state index in [9.17, 15) is 18.8 Å². The number of esters is 1. The molecular formula is C29H23FN4O6. The maximum atomic E-state index is 13.8. The second-order valence-corrected chi connectivity index (χ2v) is 9.29. The van der Waals surface area contributed by atoms with Crippen molar-refractivity contribution in [3.63, 3.8) is 0 Å². The van der Waals surface area contributed by atoms with E-state index >= 15 is 0 Å². The number of carbonyl (C=O) groups excluding carboxylic acids is 3. The van der Waals surface area contributed by atoms with Crippen LogP contribution in [0.1, 0.15) is 22.1 Å². The van der Waals surface area contributed by atoms with Crippen molar-refractivity contribution in [3.8, 4) is 11.5 Å². The number of hydrogen-bond acceptors (Lipinski definition) is 8. The molecule has 4 aromatic rings. The zero-order valence-corrected chi connectivity index (χ0v) is 21.4. The van der Waals surface area contributed by atoms with Gasteiger partial charge in [0, 0.05) is 13.2 Å². The highest BCUT2D eigenvalue weighted by Crippen LogP contribution is 2.48. The zero-order valence-electron chi connectivity index (χ0n) is 21.4. The van der Waals surface area contributed by atoms with Crippen molar-refractivity contribution < 1.29 is 33.1 Å². The van der Waals surface area contributed by atoms with Gasteiger partial charge in [-0.1, -0.05) is 24.3 Å². The Morgan fingerprint density at radius 2 is 1.68 bits per heavy atom. The molecule has 2 aliphatic heterocycles. The smallest absolute Gasteiger partial charge is 0.362 e. The number of anilines is 2. The molecule has 0 aliphatic carbocycles. The lowest BCUT2D eigenvalue weighted by molar-refractivity contribution is -0.126. The van der Waals surface area contributed by atoms with Crippen molar-refractivity contribution in [1.29, 1.82) is 0 Å². The summed E-state index contributed by atoms with van der Waals surface area (Å²) in [5.41, 5.74) is 1.75. The van der Waals surface area contributed by atoms with Crippen molar-refractivity contribution in [2.45, 2.75) is 12.1 Å². The van der Waals surface area contributed by atoms with Crippen LogP contribution >= 0.6 is 0 Å². The van der Waals surface area contributed by atoms with E-state index in [-0.39, 0.29) is 22.9 Å². The van der Waals surface area contributed by atoms with Crippen molar-refractivity contribution in [1.82, 2.24) is 9.78 Å². The van der Waals surface area contributed by atoms with Crippen molar-refractivity contribution >= 4 is 29.2 Å². The van der Waals surface area contributed by atoms with Gasteiger partial charge in [0.2, 0.25) is 5.91 Å². The Balaban J connectivity index is 1.38. The van der Waals surface area contributed by atoms with Crippen LogP contribution in [0.4, 0.5) is 15.8 Å². The molecule has 0 bridgehead atoms. The van der Waals surface area contributed by atoms with Gasteiger partial charge in [-0.25, -0.2) is 19.1 Å². The van der Waals surface area contributed by atoms with Gasteiger partial charge in [-0.3, -0.25) is 19.1 Å². The minimum absolute atomic E-state index is 0.168. The van der Waals surface area contributed by atoms with E-state index in [2.05, 4.69) is 5.10 Å². The second-order valence-electron chi connectivity index (χ2n) is 9.29. The van der Waals surface area contributed by atoms with E-state index in [0.29, 0.717) is 11.3 Å². The topological polar surface area (TPSA) is 103 Å². The molecule has 0 N–H and O–H groups in total. The van der Waals surface area contributed by atoms with Crippen LogP contribution in [0.5, 0.6) is 11.5 Å². The van der Waals surface area contributed by atoms with Gasteiger partial charge in [-0.05, 0) is 60.2 Å². The third-order valence-corrected chi connectivity index (χ3v) is 6.97. The number of methoxy groups -OCH3 is 1. The third-order valence-electron chi connectivity index (χ3n) is 6.97. The van der Waals surface area contributed by atoms with Crippen LogP contribution in [0, 0.1) is 11.7 Å². The highest BCUT2D eigenvalue weighted by atomic mass is 19.1. The molecule has 3 aromatic carbocycles. The van der Waals surface area contributed by atoms with Gasteiger partial charge in [0.1, 0.15) is 17.4 Å². The molecule has 0 unspecified atom stereocenters. The summed E-state index contributed by atoms with van der Waals surface area (Å²) in [5.74, 6) is -2.62. The zero-order chi connectivity index (χ0) is 28.0. The molecule has 40 heavy (non-hydrogen) atoms. The molecule has 1 aromatic heterocycles. The number of rotatable bonds is 6. The second kappa shape index (κ2) is 9.93. The maximum Gasteiger partial charge on any atom is 0.362 e. The van der Waals surface area contributed by atoms with Crippen LogP contribution in [-0.2, 0) is 21.5 Å². The summed E-state index contributed by atoms with van der Waals surface area (Å²) in [5, 5.41) is 5.53. The van der Waals surface area contributed by atoms with Crippen LogP contribution in [0.15, 0.2) is 85.1 Å². The number of amides is 2. The number of carbonyl (C=O) groups is 3. The predicted octanol–water partition coefficient (Wildman–Crippen LogP) is 3.84. The summed E-state index contributed by atoms with van der Waals surface area (Å²) >= 11 is 0. The maximum absolute atomic E-state index is 13.8. The average Bonchev–Trinajstić information content (AvgIpc) is 3.64. The largest absolute Gasteiger partial charge is 0.493 e. The van der Waals surface area contributed by atoms with E-state index in [1.165, 1.54) is 48.3 Å². The normalized spacial score (nSPS) is 20.1. The molecule has 2 saturated heterocycles. The molecule has 2 amide bonds. The van der Waals surface area contributed by atoms with Crippen LogP contribution in [0.2, 0.25) is 0 Å². The quantitative estimate of drug-likeness (QED) is 0.206.